The van der Waals surface area contributed by atoms with Gasteiger partial charge in [0, 0.05) is 5.69 Å². The van der Waals surface area contributed by atoms with E-state index in [0.717, 1.165) is 0 Å². The lowest BCUT2D eigenvalue weighted by molar-refractivity contribution is -0.140. The van der Waals surface area contributed by atoms with E-state index in [1.54, 1.807) is 19.9 Å². The molecule has 2 N–H and O–H groups in total. The van der Waals surface area contributed by atoms with Gasteiger partial charge in [-0.3, -0.25) is 0 Å². The molecule has 0 saturated carbocycles. The van der Waals surface area contributed by atoms with Gasteiger partial charge in [-0.2, -0.15) is 0 Å². The fourth-order valence-corrected chi connectivity index (χ4v) is 1.70. The molecule has 0 fully saturated rings. The summed E-state index contributed by atoms with van der Waals surface area (Å²) in [6, 6.07) is 0.799. The molecule has 0 aliphatic heterocycles. The number of carboxylic acids is 2. The second-order valence-corrected chi connectivity index (χ2v) is 3.51. The number of aliphatic carboxylic acids is 1. The SMILES string of the molecule is Cc1cc(C)n(C(C)C(=O)O)c1C(=O)O. The highest BCUT2D eigenvalue weighted by Crippen LogP contribution is 2.20. The third-order valence-corrected chi connectivity index (χ3v) is 2.37. The zero-order chi connectivity index (χ0) is 11.7. The van der Waals surface area contributed by atoms with E-state index in [1.807, 2.05) is 0 Å². The molecule has 1 atom stereocenters. The van der Waals surface area contributed by atoms with E-state index in [9.17, 15) is 9.59 Å². The molecule has 0 radical (unpaired) electrons. The quantitative estimate of drug-likeness (QED) is 0.793. The van der Waals surface area contributed by atoms with E-state index in [0.29, 0.717) is 11.3 Å². The number of hydrogen-bond acceptors (Lipinski definition) is 2. The Hall–Kier alpha value is -1.78. The average Bonchev–Trinajstić information content (AvgIpc) is 2.39. The van der Waals surface area contributed by atoms with Crippen molar-refractivity contribution in [1.82, 2.24) is 4.57 Å². The lowest BCUT2D eigenvalue weighted by Crippen LogP contribution is -2.21. The molecule has 1 aromatic heterocycles. The molecule has 1 heterocycles. The Balaban J connectivity index is 3.39. The summed E-state index contributed by atoms with van der Waals surface area (Å²) in [4.78, 5) is 21.8. The van der Waals surface area contributed by atoms with Crippen LogP contribution in [0.1, 0.15) is 34.7 Å². The van der Waals surface area contributed by atoms with Crippen molar-refractivity contribution in [2.45, 2.75) is 26.8 Å². The van der Waals surface area contributed by atoms with E-state index in [-0.39, 0.29) is 5.69 Å². The first-order chi connectivity index (χ1) is 6.86. The third kappa shape index (κ3) is 1.86. The molecule has 5 heteroatoms. The minimum absolute atomic E-state index is 0.0439. The maximum Gasteiger partial charge on any atom is 0.352 e. The number of aryl methyl sites for hydroxylation is 2. The van der Waals surface area contributed by atoms with E-state index in [2.05, 4.69) is 0 Å². The van der Waals surface area contributed by atoms with E-state index in [1.165, 1.54) is 11.5 Å². The first-order valence-electron chi connectivity index (χ1n) is 4.50. The van der Waals surface area contributed by atoms with Crippen LogP contribution < -0.4 is 0 Å². The molecule has 0 spiro atoms. The number of hydrogen-bond donors (Lipinski definition) is 2. The molecule has 0 saturated heterocycles. The Labute approximate surface area is 87.0 Å². The van der Waals surface area contributed by atoms with Crippen LogP contribution in [0.5, 0.6) is 0 Å². The van der Waals surface area contributed by atoms with Gasteiger partial charge < -0.3 is 14.8 Å². The van der Waals surface area contributed by atoms with Crippen LogP contribution in [-0.2, 0) is 4.79 Å². The lowest BCUT2D eigenvalue weighted by atomic mass is 10.2. The van der Waals surface area contributed by atoms with E-state index >= 15 is 0 Å². The van der Waals surface area contributed by atoms with Gasteiger partial charge in [-0.15, -0.1) is 0 Å². The molecular formula is C10H13NO4. The van der Waals surface area contributed by atoms with Crippen LogP contribution >= 0.6 is 0 Å². The van der Waals surface area contributed by atoms with Gasteiger partial charge in [0.1, 0.15) is 11.7 Å². The number of aromatic nitrogens is 1. The minimum Gasteiger partial charge on any atom is -0.480 e. The maximum absolute atomic E-state index is 11.0. The van der Waals surface area contributed by atoms with Crippen molar-refractivity contribution < 1.29 is 19.8 Å². The van der Waals surface area contributed by atoms with E-state index in [4.69, 9.17) is 10.2 Å². The highest BCUT2D eigenvalue weighted by atomic mass is 16.4. The van der Waals surface area contributed by atoms with Crippen LogP contribution in [0.3, 0.4) is 0 Å². The number of nitrogens with zero attached hydrogens (tertiary/aromatic N) is 1. The summed E-state index contributed by atoms with van der Waals surface area (Å²) in [5.41, 5.74) is 1.26. The van der Waals surface area contributed by atoms with Crippen molar-refractivity contribution in [2.75, 3.05) is 0 Å². The second-order valence-electron chi connectivity index (χ2n) is 3.51. The zero-order valence-corrected chi connectivity index (χ0v) is 8.81. The molecule has 0 aliphatic carbocycles. The van der Waals surface area contributed by atoms with Gasteiger partial charge in [-0.05, 0) is 32.4 Å². The summed E-state index contributed by atoms with van der Waals surface area (Å²) in [6.45, 7) is 4.81. The molecule has 82 valence electrons. The van der Waals surface area contributed by atoms with Crippen LogP contribution in [0.4, 0.5) is 0 Å². The number of carbonyl (C=O) groups is 2. The molecule has 0 aromatic carbocycles. The summed E-state index contributed by atoms with van der Waals surface area (Å²) in [5.74, 6) is -2.15. The van der Waals surface area contributed by atoms with Crippen molar-refractivity contribution in [3.63, 3.8) is 0 Å². The van der Waals surface area contributed by atoms with Crippen LogP contribution in [0.25, 0.3) is 0 Å². The normalized spacial score (nSPS) is 12.5. The van der Waals surface area contributed by atoms with Crippen molar-refractivity contribution in [3.8, 4) is 0 Å². The van der Waals surface area contributed by atoms with Crippen molar-refractivity contribution in [1.29, 1.82) is 0 Å². The number of rotatable bonds is 3. The minimum atomic E-state index is -1.10. The summed E-state index contributed by atoms with van der Waals surface area (Å²) in [6.07, 6.45) is 0. The van der Waals surface area contributed by atoms with Crippen molar-refractivity contribution in [3.05, 3.63) is 23.0 Å². The first-order valence-corrected chi connectivity index (χ1v) is 4.50. The topological polar surface area (TPSA) is 79.5 Å². The maximum atomic E-state index is 11.0. The Morgan fingerprint density at radius 3 is 2.27 bits per heavy atom. The van der Waals surface area contributed by atoms with Gasteiger partial charge in [0.15, 0.2) is 0 Å². The highest BCUT2D eigenvalue weighted by molar-refractivity contribution is 5.89. The molecule has 0 bridgehead atoms. The van der Waals surface area contributed by atoms with Crippen molar-refractivity contribution in [2.24, 2.45) is 0 Å². The second kappa shape index (κ2) is 3.76. The largest absolute Gasteiger partial charge is 0.480 e. The molecule has 5 nitrogen and oxygen atoms in total. The Morgan fingerprint density at radius 2 is 1.87 bits per heavy atom. The first kappa shape index (κ1) is 11.3. The smallest absolute Gasteiger partial charge is 0.352 e. The fraction of sp³-hybridized carbons (Fsp3) is 0.400. The summed E-state index contributed by atoms with van der Waals surface area (Å²) in [5, 5.41) is 17.8. The van der Waals surface area contributed by atoms with Gasteiger partial charge in [0.05, 0.1) is 0 Å². The van der Waals surface area contributed by atoms with Crippen LogP contribution in [-0.4, -0.2) is 26.7 Å². The van der Waals surface area contributed by atoms with Crippen molar-refractivity contribution >= 4 is 11.9 Å². The highest BCUT2D eigenvalue weighted by Gasteiger charge is 2.23. The lowest BCUT2D eigenvalue weighted by Gasteiger charge is -2.13. The molecular weight excluding hydrogens is 198 g/mol. The predicted molar refractivity (Wildman–Crippen MR) is 53.2 cm³/mol. The van der Waals surface area contributed by atoms with Crippen LogP contribution in [0, 0.1) is 13.8 Å². The van der Waals surface area contributed by atoms with Crippen LogP contribution in [0.15, 0.2) is 6.07 Å². The van der Waals surface area contributed by atoms with Gasteiger partial charge >= 0.3 is 11.9 Å². The standard InChI is InChI=1S/C10H13NO4/c1-5-4-6(2)11(7(3)9(12)13)8(5)10(14)15/h4,7H,1-3H3,(H,12,13)(H,14,15). The number of carboxylic acid groups (broad SMARTS) is 2. The fourth-order valence-electron chi connectivity index (χ4n) is 1.70. The number of aromatic carboxylic acids is 1. The summed E-state index contributed by atoms with van der Waals surface area (Å²) < 4.78 is 1.32. The molecule has 1 rings (SSSR count). The summed E-state index contributed by atoms with van der Waals surface area (Å²) in [7, 11) is 0. The molecule has 1 unspecified atom stereocenters. The Kier molecular flexibility index (Phi) is 2.83. The van der Waals surface area contributed by atoms with Gasteiger partial charge in [-0.25, -0.2) is 9.59 Å². The molecule has 0 aliphatic rings. The van der Waals surface area contributed by atoms with Gasteiger partial charge in [0.25, 0.3) is 0 Å². The van der Waals surface area contributed by atoms with Crippen LogP contribution in [0.2, 0.25) is 0 Å². The summed E-state index contributed by atoms with van der Waals surface area (Å²) >= 11 is 0. The van der Waals surface area contributed by atoms with E-state index < -0.39 is 18.0 Å². The monoisotopic (exact) mass is 211 g/mol. The zero-order valence-electron chi connectivity index (χ0n) is 8.81. The molecule has 15 heavy (non-hydrogen) atoms. The third-order valence-electron chi connectivity index (χ3n) is 2.37. The average molecular weight is 211 g/mol. The molecule has 1 aromatic rings. The Bertz CT molecular complexity index is 419. The Morgan fingerprint density at radius 1 is 1.33 bits per heavy atom. The van der Waals surface area contributed by atoms with Gasteiger partial charge in [0.2, 0.25) is 0 Å². The molecule has 0 amide bonds. The predicted octanol–water partition coefficient (Wildman–Crippen LogP) is 1.45. The van der Waals surface area contributed by atoms with Gasteiger partial charge in [-0.1, -0.05) is 0 Å².